The first-order chi connectivity index (χ1) is 9.86. The molecule has 0 heterocycles. The average molecular weight is 296 g/mol. The van der Waals surface area contributed by atoms with Crippen molar-refractivity contribution >= 4 is 5.91 Å². The fourth-order valence-electron chi connectivity index (χ4n) is 3.05. The number of hydrogen-bond donors (Lipinski definition) is 1. The summed E-state index contributed by atoms with van der Waals surface area (Å²) in [6.07, 6.45) is 4.07. The van der Waals surface area contributed by atoms with Gasteiger partial charge >= 0.3 is 0 Å². The number of nitrogens with zero attached hydrogens (tertiary/aromatic N) is 2. The number of aliphatic hydroxyl groups excluding tert-OH is 1. The average Bonchev–Trinajstić information content (AvgIpc) is 2.45. The molecule has 1 rings (SSSR count). The Hall–Kier alpha value is -0.870. The van der Waals surface area contributed by atoms with E-state index in [0.717, 1.165) is 31.4 Å². The van der Waals surface area contributed by atoms with Gasteiger partial charge in [-0.05, 0) is 46.6 Å². The highest BCUT2D eigenvalue weighted by atomic mass is 16.3. The Morgan fingerprint density at radius 1 is 1.38 bits per heavy atom. The van der Waals surface area contributed by atoms with Gasteiger partial charge in [0.25, 0.3) is 0 Å². The molecule has 0 radical (unpaired) electrons. The molecule has 0 spiro atoms. The van der Waals surface area contributed by atoms with Crippen LogP contribution in [0.15, 0.2) is 12.2 Å². The first-order valence-electron chi connectivity index (χ1n) is 8.18. The number of amides is 1. The number of rotatable bonds is 7. The van der Waals surface area contributed by atoms with Crippen LogP contribution in [0.25, 0.3) is 0 Å². The number of hydrogen-bond acceptors (Lipinski definition) is 3. The van der Waals surface area contributed by atoms with E-state index in [1.165, 1.54) is 6.42 Å². The lowest BCUT2D eigenvalue weighted by atomic mass is 9.86. The highest BCUT2D eigenvalue weighted by Crippen LogP contribution is 2.25. The lowest BCUT2D eigenvalue weighted by Gasteiger charge is -2.35. The van der Waals surface area contributed by atoms with E-state index in [-0.39, 0.29) is 18.1 Å². The third kappa shape index (κ3) is 5.44. The summed E-state index contributed by atoms with van der Waals surface area (Å²) in [7, 11) is 1.98. The van der Waals surface area contributed by atoms with Gasteiger partial charge in [-0.3, -0.25) is 9.69 Å². The normalized spacial score (nSPS) is 23.9. The van der Waals surface area contributed by atoms with Crippen molar-refractivity contribution < 1.29 is 9.90 Å². The van der Waals surface area contributed by atoms with Gasteiger partial charge in [0.15, 0.2) is 0 Å². The van der Waals surface area contributed by atoms with Crippen molar-refractivity contribution in [2.75, 3.05) is 26.7 Å². The van der Waals surface area contributed by atoms with E-state index in [1.807, 2.05) is 32.7 Å². The SMILES string of the molecule is C=C(C)CN(CC)C(=O)C(C)N(C)CC1CCCCC1O. The number of carbonyl (C=O) groups excluding carboxylic acids is 1. The second-order valence-corrected chi connectivity index (χ2v) is 6.54. The predicted molar refractivity (Wildman–Crippen MR) is 87.1 cm³/mol. The molecule has 1 fully saturated rings. The van der Waals surface area contributed by atoms with E-state index in [2.05, 4.69) is 11.5 Å². The molecule has 3 atom stereocenters. The second kappa shape index (κ2) is 8.54. The molecule has 1 N–H and O–H groups in total. The minimum atomic E-state index is -0.207. The first kappa shape index (κ1) is 18.2. The zero-order valence-electron chi connectivity index (χ0n) is 14.1. The van der Waals surface area contributed by atoms with Gasteiger partial charge in [-0.25, -0.2) is 0 Å². The molecule has 0 bridgehead atoms. The molecule has 21 heavy (non-hydrogen) atoms. The fraction of sp³-hybridized carbons (Fsp3) is 0.824. The van der Waals surface area contributed by atoms with Gasteiger partial charge < -0.3 is 10.0 Å². The van der Waals surface area contributed by atoms with Crippen LogP contribution in [-0.2, 0) is 4.79 Å². The number of aliphatic hydroxyl groups is 1. The maximum atomic E-state index is 12.6. The molecule has 0 aromatic rings. The lowest BCUT2D eigenvalue weighted by Crippen LogP contribution is -2.48. The van der Waals surface area contributed by atoms with Gasteiger partial charge in [0.2, 0.25) is 5.91 Å². The van der Waals surface area contributed by atoms with Gasteiger partial charge in [0, 0.05) is 19.6 Å². The molecule has 1 aliphatic rings. The Morgan fingerprint density at radius 2 is 2.00 bits per heavy atom. The highest BCUT2D eigenvalue weighted by Gasteiger charge is 2.28. The van der Waals surface area contributed by atoms with Crippen LogP contribution in [0.1, 0.15) is 46.5 Å². The Balaban J connectivity index is 2.57. The topological polar surface area (TPSA) is 43.8 Å². The molecule has 0 aliphatic heterocycles. The van der Waals surface area contributed by atoms with Gasteiger partial charge in [0.05, 0.1) is 12.1 Å². The Morgan fingerprint density at radius 3 is 2.52 bits per heavy atom. The molecule has 0 aromatic carbocycles. The summed E-state index contributed by atoms with van der Waals surface area (Å²) >= 11 is 0. The smallest absolute Gasteiger partial charge is 0.239 e. The van der Waals surface area contributed by atoms with Crippen molar-refractivity contribution in [2.45, 2.75) is 58.6 Å². The Kier molecular flexibility index (Phi) is 7.40. The standard InChI is InChI=1S/C17H32N2O2/c1-6-19(11-13(2)3)17(21)14(4)18(5)12-15-9-7-8-10-16(15)20/h14-16,20H,2,6-12H2,1,3-5H3. The quantitative estimate of drug-likeness (QED) is 0.733. The van der Waals surface area contributed by atoms with Crippen molar-refractivity contribution in [1.29, 1.82) is 0 Å². The van der Waals surface area contributed by atoms with E-state index in [9.17, 15) is 9.90 Å². The highest BCUT2D eigenvalue weighted by molar-refractivity contribution is 5.81. The van der Waals surface area contributed by atoms with Gasteiger partial charge in [-0.15, -0.1) is 0 Å². The van der Waals surface area contributed by atoms with Crippen LogP contribution in [0.3, 0.4) is 0 Å². The predicted octanol–water partition coefficient (Wildman–Crippen LogP) is 2.28. The fourth-order valence-corrected chi connectivity index (χ4v) is 3.05. The van der Waals surface area contributed by atoms with Crippen LogP contribution in [0.5, 0.6) is 0 Å². The molecular weight excluding hydrogens is 264 g/mol. The molecule has 3 unspecified atom stereocenters. The van der Waals surface area contributed by atoms with E-state index in [0.29, 0.717) is 19.0 Å². The molecule has 1 aliphatic carbocycles. The second-order valence-electron chi connectivity index (χ2n) is 6.54. The van der Waals surface area contributed by atoms with Crippen LogP contribution in [0, 0.1) is 5.92 Å². The van der Waals surface area contributed by atoms with E-state index in [4.69, 9.17) is 0 Å². The van der Waals surface area contributed by atoms with Crippen molar-refractivity contribution in [1.82, 2.24) is 9.80 Å². The summed E-state index contributed by atoms with van der Waals surface area (Å²) in [6.45, 7) is 11.9. The molecule has 1 amide bonds. The third-order valence-electron chi connectivity index (χ3n) is 4.56. The zero-order valence-corrected chi connectivity index (χ0v) is 14.1. The number of likely N-dealkylation sites (N-methyl/N-ethyl adjacent to an activating group) is 2. The zero-order chi connectivity index (χ0) is 16.0. The van der Waals surface area contributed by atoms with Crippen LogP contribution < -0.4 is 0 Å². The monoisotopic (exact) mass is 296 g/mol. The molecule has 122 valence electrons. The van der Waals surface area contributed by atoms with E-state index in [1.54, 1.807) is 0 Å². The summed E-state index contributed by atoms with van der Waals surface area (Å²) in [5.41, 5.74) is 1.00. The Labute approximate surface area is 129 Å². The minimum absolute atomic E-state index is 0.147. The van der Waals surface area contributed by atoms with Crippen LogP contribution >= 0.6 is 0 Å². The van der Waals surface area contributed by atoms with Gasteiger partial charge in [-0.1, -0.05) is 25.0 Å². The third-order valence-corrected chi connectivity index (χ3v) is 4.56. The van der Waals surface area contributed by atoms with Crippen LogP contribution in [0.4, 0.5) is 0 Å². The molecule has 0 aromatic heterocycles. The molecule has 4 heteroatoms. The van der Waals surface area contributed by atoms with E-state index >= 15 is 0 Å². The summed E-state index contributed by atoms with van der Waals surface area (Å²) in [6, 6.07) is -0.154. The molecular formula is C17H32N2O2. The minimum Gasteiger partial charge on any atom is -0.393 e. The van der Waals surface area contributed by atoms with Gasteiger partial charge in [-0.2, -0.15) is 0 Å². The Bertz CT molecular complexity index is 357. The molecule has 4 nitrogen and oxygen atoms in total. The largest absolute Gasteiger partial charge is 0.393 e. The van der Waals surface area contributed by atoms with Crippen molar-refractivity contribution in [3.63, 3.8) is 0 Å². The van der Waals surface area contributed by atoms with Crippen LogP contribution in [0.2, 0.25) is 0 Å². The van der Waals surface area contributed by atoms with Crippen molar-refractivity contribution in [3.8, 4) is 0 Å². The maximum absolute atomic E-state index is 12.6. The first-order valence-corrected chi connectivity index (χ1v) is 8.18. The summed E-state index contributed by atoms with van der Waals surface area (Å²) < 4.78 is 0. The van der Waals surface area contributed by atoms with Gasteiger partial charge in [0.1, 0.15) is 0 Å². The molecule has 0 saturated heterocycles. The summed E-state index contributed by atoms with van der Waals surface area (Å²) in [5, 5.41) is 10.1. The number of carbonyl (C=O) groups is 1. The maximum Gasteiger partial charge on any atom is 0.239 e. The summed E-state index contributed by atoms with van der Waals surface area (Å²) in [4.78, 5) is 16.5. The lowest BCUT2D eigenvalue weighted by molar-refractivity contribution is -0.135. The van der Waals surface area contributed by atoms with Crippen LogP contribution in [-0.4, -0.2) is 59.6 Å². The van der Waals surface area contributed by atoms with E-state index < -0.39 is 0 Å². The molecule has 1 saturated carbocycles. The van der Waals surface area contributed by atoms with Crippen molar-refractivity contribution in [2.24, 2.45) is 5.92 Å². The summed E-state index contributed by atoms with van der Waals surface area (Å²) in [5.74, 6) is 0.448. The van der Waals surface area contributed by atoms with Crippen molar-refractivity contribution in [3.05, 3.63) is 12.2 Å².